The second kappa shape index (κ2) is 4.64. The first-order chi connectivity index (χ1) is 8.88. The molecule has 1 aromatic rings. The van der Waals surface area contributed by atoms with Crippen molar-refractivity contribution in [2.75, 3.05) is 6.54 Å². The lowest BCUT2D eigenvalue weighted by Crippen LogP contribution is -2.50. The number of rotatable bonds is 2. The number of amides is 1. The monoisotopic (exact) mass is 265 g/mol. The van der Waals surface area contributed by atoms with Gasteiger partial charge in [-0.3, -0.25) is 4.79 Å². The molecule has 102 valence electrons. The summed E-state index contributed by atoms with van der Waals surface area (Å²) >= 11 is 0. The molecule has 1 saturated heterocycles. The third kappa shape index (κ3) is 2.09. The number of carbonyl (C=O) groups is 2. The summed E-state index contributed by atoms with van der Waals surface area (Å²) in [7, 11) is 0. The molecule has 1 aromatic carbocycles. The first-order valence-electron chi connectivity index (χ1n) is 6.18. The lowest BCUT2D eigenvalue weighted by atomic mass is 9.98. The Hall–Kier alpha value is -1.91. The third-order valence-electron chi connectivity index (χ3n) is 3.85. The van der Waals surface area contributed by atoms with Gasteiger partial charge in [0.1, 0.15) is 11.4 Å². The number of nitrogens with zero attached hydrogens (tertiary/aromatic N) is 1. The fourth-order valence-corrected chi connectivity index (χ4v) is 2.50. The molecule has 1 fully saturated rings. The van der Waals surface area contributed by atoms with Gasteiger partial charge in [-0.15, -0.1) is 0 Å². The number of benzene rings is 1. The maximum absolute atomic E-state index is 13.5. The molecular formula is C14H16FNO3. The van der Waals surface area contributed by atoms with Crippen LogP contribution in [-0.4, -0.2) is 34.0 Å². The van der Waals surface area contributed by atoms with Gasteiger partial charge in [-0.25, -0.2) is 9.18 Å². The zero-order chi connectivity index (χ0) is 14.2. The van der Waals surface area contributed by atoms with Gasteiger partial charge in [0.25, 0.3) is 5.91 Å². The van der Waals surface area contributed by atoms with Crippen LogP contribution in [0.1, 0.15) is 35.7 Å². The molecule has 19 heavy (non-hydrogen) atoms. The van der Waals surface area contributed by atoms with Crippen molar-refractivity contribution in [2.45, 2.75) is 32.2 Å². The molecule has 0 aliphatic carbocycles. The van der Waals surface area contributed by atoms with E-state index in [1.807, 2.05) is 0 Å². The molecule has 1 amide bonds. The molecule has 5 heteroatoms. The zero-order valence-electron chi connectivity index (χ0n) is 10.9. The molecule has 0 radical (unpaired) electrons. The lowest BCUT2D eigenvalue weighted by molar-refractivity contribution is -0.147. The number of carbonyl (C=O) groups excluding carboxylic acids is 1. The van der Waals surface area contributed by atoms with Crippen LogP contribution in [0.5, 0.6) is 0 Å². The summed E-state index contributed by atoms with van der Waals surface area (Å²) in [6.45, 7) is 3.45. The highest BCUT2D eigenvalue weighted by atomic mass is 19.1. The van der Waals surface area contributed by atoms with Crippen molar-refractivity contribution in [3.05, 3.63) is 35.1 Å². The highest BCUT2D eigenvalue weighted by Gasteiger charge is 2.46. The van der Waals surface area contributed by atoms with Crippen molar-refractivity contribution in [3.8, 4) is 0 Å². The molecule has 1 aliphatic rings. The van der Waals surface area contributed by atoms with Crippen LogP contribution >= 0.6 is 0 Å². The largest absolute Gasteiger partial charge is 0.480 e. The van der Waals surface area contributed by atoms with Crippen molar-refractivity contribution in [1.29, 1.82) is 0 Å². The Morgan fingerprint density at radius 1 is 1.42 bits per heavy atom. The second-order valence-corrected chi connectivity index (χ2v) is 5.05. The standard InChI is InChI=1S/C14H16FNO3/c1-9-10(5-3-6-11(9)15)12(17)16-8-4-7-14(16,2)13(18)19/h3,5-6H,4,7-8H2,1-2H3,(H,18,19). The van der Waals surface area contributed by atoms with Crippen LogP contribution in [0.4, 0.5) is 4.39 Å². The number of carboxylic acid groups (broad SMARTS) is 1. The van der Waals surface area contributed by atoms with Crippen LogP contribution in [0.25, 0.3) is 0 Å². The maximum atomic E-state index is 13.5. The molecule has 1 atom stereocenters. The van der Waals surface area contributed by atoms with Gasteiger partial charge in [-0.1, -0.05) is 6.07 Å². The SMILES string of the molecule is Cc1c(F)cccc1C(=O)N1CCCC1(C)C(=O)O. The predicted octanol–water partition coefficient (Wildman–Crippen LogP) is 2.21. The predicted molar refractivity (Wildman–Crippen MR) is 67.4 cm³/mol. The lowest BCUT2D eigenvalue weighted by Gasteiger charge is -2.31. The number of hydrogen-bond donors (Lipinski definition) is 1. The molecule has 0 bridgehead atoms. The molecule has 1 aliphatic heterocycles. The van der Waals surface area contributed by atoms with E-state index < -0.39 is 23.2 Å². The van der Waals surface area contributed by atoms with E-state index in [1.165, 1.54) is 36.9 Å². The smallest absolute Gasteiger partial charge is 0.329 e. The van der Waals surface area contributed by atoms with Crippen molar-refractivity contribution < 1.29 is 19.1 Å². The molecule has 4 nitrogen and oxygen atoms in total. The third-order valence-corrected chi connectivity index (χ3v) is 3.85. The van der Waals surface area contributed by atoms with Gasteiger partial charge in [0.2, 0.25) is 0 Å². The van der Waals surface area contributed by atoms with Crippen LogP contribution in [0.15, 0.2) is 18.2 Å². The van der Waals surface area contributed by atoms with E-state index >= 15 is 0 Å². The maximum Gasteiger partial charge on any atom is 0.329 e. The summed E-state index contributed by atoms with van der Waals surface area (Å²) in [5, 5.41) is 9.29. The van der Waals surface area contributed by atoms with Crippen LogP contribution in [-0.2, 0) is 4.79 Å². The first-order valence-corrected chi connectivity index (χ1v) is 6.18. The van der Waals surface area contributed by atoms with E-state index in [4.69, 9.17) is 0 Å². The average Bonchev–Trinajstić information content (AvgIpc) is 2.75. The molecule has 0 saturated carbocycles. The zero-order valence-corrected chi connectivity index (χ0v) is 10.9. The Bertz CT molecular complexity index is 543. The minimum Gasteiger partial charge on any atom is -0.480 e. The minimum atomic E-state index is -1.20. The Morgan fingerprint density at radius 3 is 2.74 bits per heavy atom. The summed E-state index contributed by atoms with van der Waals surface area (Å²) in [4.78, 5) is 25.1. The number of hydrogen-bond acceptors (Lipinski definition) is 2. The van der Waals surface area contributed by atoms with Crippen LogP contribution in [0.2, 0.25) is 0 Å². The van der Waals surface area contributed by atoms with Gasteiger partial charge in [0.05, 0.1) is 0 Å². The van der Waals surface area contributed by atoms with E-state index in [0.717, 1.165) is 0 Å². The Labute approximate surface area is 110 Å². The summed E-state index contributed by atoms with van der Waals surface area (Å²) in [5.74, 6) is -1.89. The van der Waals surface area contributed by atoms with E-state index in [1.54, 1.807) is 0 Å². The highest BCUT2D eigenvalue weighted by Crippen LogP contribution is 2.31. The van der Waals surface area contributed by atoms with Gasteiger partial charge in [0, 0.05) is 12.1 Å². The van der Waals surface area contributed by atoms with Crippen LogP contribution < -0.4 is 0 Å². The molecular weight excluding hydrogens is 249 g/mol. The van der Waals surface area contributed by atoms with Crippen LogP contribution in [0, 0.1) is 12.7 Å². The second-order valence-electron chi connectivity index (χ2n) is 5.05. The molecule has 1 N–H and O–H groups in total. The van der Waals surface area contributed by atoms with Gasteiger partial charge in [-0.2, -0.15) is 0 Å². The van der Waals surface area contributed by atoms with Crippen molar-refractivity contribution in [2.24, 2.45) is 0 Å². The number of aliphatic carboxylic acids is 1. The van der Waals surface area contributed by atoms with E-state index in [9.17, 15) is 19.1 Å². The molecule has 2 rings (SSSR count). The normalized spacial score (nSPS) is 22.6. The topological polar surface area (TPSA) is 57.6 Å². The fourth-order valence-electron chi connectivity index (χ4n) is 2.50. The quantitative estimate of drug-likeness (QED) is 0.892. The van der Waals surface area contributed by atoms with Crippen molar-refractivity contribution >= 4 is 11.9 Å². The summed E-state index contributed by atoms with van der Waals surface area (Å²) < 4.78 is 13.5. The Kier molecular flexibility index (Phi) is 3.30. The van der Waals surface area contributed by atoms with Gasteiger partial charge >= 0.3 is 5.97 Å². The molecule has 1 heterocycles. The van der Waals surface area contributed by atoms with E-state index in [2.05, 4.69) is 0 Å². The first kappa shape index (κ1) is 13.5. The van der Waals surface area contributed by atoms with Crippen molar-refractivity contribution in [3.63, 3.8) is 0 Å². The number of likely N-dealkylation sites (tertiary alicyclic amines) is 1. The van der Waals surface area contributed by atoms with Crippen molar-refractivity contribution in [1.82, 2.24) is 4.90 Å². The Morgan fingerprint density at radius 2 is 2.11 bits per heavy atom. The summed E-state index contributed by atoms with van der Waals surface area (Å²) in [6, 6.07) is 4.28. The number of carboxylic acids is 1. The van der Waals surface area contributed by atoms with E-state index in [-0.39, 0.29) is 11.1 Å². The van der Waals surface area contributed by atoms with E-state index in [0.29, 0.717) is 19.4 Å². The van der Waals surface area contributed by atoms with Gasteiger partial charge < -0.3 is 10.0 Å². The molecule has 0 spiro atoms. The highest BCUT2D eigenvalue weighted by molar-refractivity contribution is 5.99. The molecule has 1 unspecified atom stereocenters. The Balaban J connectivity index is 2.39. The van der Waals surface area contributed by atoms with Crippen LogP contribution in [0.3, 0.4) is 0 Å². The molecule has 0 aromatic heterocycles. The minimum absolute atomic E-state index is 0.231. The summed E-state index contributed by atoms with van der Waals surface area (Å²) in [5.41, 5.74) is -0.711. The number of halogens is 1. The fraction of sp³-hybridized carbons (Fsp3) is 0.429. The van der Waals surface area contributed by atoms with Gasteiger partial charge in [-0.05, 0) is 44.4 Å². The average molecular weight is 265 g/mol. The van der Waals surface area contributed by atoms with Gasteiger partial charge in [0.15, 0.2) is 0 Å². The summed E-state index contributed by atoms with van der Waals surface area (Å²) in [6.07, 6.45) is 1.06.